The van der Waals surface area contributed by atoms with Crippen molar-refractivity contribution in [3.05, 3.63) is 33.1 Å². The highest BCUT2D eigenvalue weighted by Gasteiger charge is 2.31. The lowest BCUT2D eigenvalue weighted by Crippen LogP contribution is -2.22. The SMILES string of the molecule is CC(C)NCc1oc2c(I)cccc2c1C1CC1. The lowest BCUT2D eigenvalue weighted by atomic mass is 10.1. The van der Waals surface area contributed by atoms with E-state index in [2.05, 4.69) is 60.0 Å². The number of rotatable bonds is 4. The third-order valence-corrected chi connectivity index (χ3v) is 4.29. The molecule has 1 aromatic carbocycles. The van der Waals surface area contributed by atoms with E-state index in [1.165, 1.54) is 27.4 Å². The van der Waals surface area contributed by atoms with Gasteiger partial charge in [0.05, 0.1) is 10.1 Å². The second-order valence-corrected chi connectivity index (χ2v) is 6.53. The van der Waals surface area contributed by atoms with E-state index in [0.29, 0.717) is 6.04 Å². The van der Waals surface area contributed by atoms with Gasteiger partial charge in [-0.15, -0.1) is 0 Å². The summed E-state index contributed by atoms with van der Waals surface area (Å²) in [4.78, 5) is 0. The normalized spacial score (nSPS) is 15.8. The van der Waals surface area contributed by atoms with Gasteiger partial charge in [-0.05, 0) is 47.4 Å². The van der Waals surface area contributed by atoms with Crippen LogP contribution in [-0.2, 0) is 6.54 Å². The average Bonchev–Trinajstić information content (AvgIpc) is 3.08. The van der Waals surface area contributed by atoms with E-state index >= 15 is 0 Å². The molecule has 0 amide bonds. The van der Waals surface area contributed by atoms with Gasteiger partial charge in [0.2, 0.25) is 0 Å². The number of fused-ring (bicyclic) bond motifs is 1. The zero-order chi connectivity index (χ0) is 12.7. The molecule has 1 aromatic heterocycles. The van der Waals surface area contributed by atoms with E-state index in [4.69, 9.17) is 4.42 Å². The van der Waals surface area contributed by atoms with Gasteiger partial charge in [-0.2, -0.15) is 0 Å². The molecular weight excluding hydrogens is 337 g/mol. The average molecular weight is 355 g/mol. The van der Waals surface area contributed by atoms with Crippen molar-refractivity contribution in [1.29, 1.82) is 0 Å². The summed E-state index contributed by atoms with van der Waals surface area (Å²) in [5.74, 6) is 1.87. The summed E-state index contributed by atoms with van der Waals surface area (Å²) in [5.41, 5.74) is 2.53. The van der Waals surface area contributed by atoms with Gasteiger partial charge in [-0.25, -0.2) is 0 Å². The van der Waals surface area contributed by atoms with Crippen molar-refractivity contribution in [1.82, 2.24) is 5.32 Å². The largest absolute Gasteiger partial charge is 0.458 e. The Morgan fingerprint density at radius 1 is 1.39 bits per heavy atom. The van der Waals surface area contributed by atoms with Crippen molar-refractivity contribution in [2.45, 2.75) is 45.2 Å². The van der Waals surface area contributed by atoms with E-state index < -0.39 is 0 Å². The van der Waals surface area contributed by atoms with Crippen molar-refractivity contribution in [2.24, 2.45) is 0 Å². The van der Waals surface area contributed by atoms with Crippen LogP contribution < -0.4 is 5.32 Å². The molecule has 0 unspecified atom stereocenters. The van der Waals surface area contributed by atoms with E-state index in [-0.39, 0.29) is 0 Å². The third kappa shape index (κ3) is 2.30. The Bertz CT molecular complexity index is 569. The quantitative estimate of drug-likeness (QED) is 0.822. The topological polar surface area (TPSA) is 25.2 Å². The number of para-hydroxylation sites is 1. The molecule has 0 atom stereocenters. The van der Waals surface area contributed by atoms with E-state index in [1.54, 1.807) is 0 Å². The van der Waals surface area contributed by atoms with Gasteiger partial charge in [0.25, 0.3) is 0 Å². The molecule has 0 saturated heterocycles. The molecule has 1 aliphatic carbocycles. The van der Waals surface area contributed by atoms with Crippen LogP contribution in [0.2, 0.25) is 0 Å². The summed E-state index contributed by atoms with van der Waals surface area (Å²) in [7, 11) is 0. The Morgan fingerprint density at radius 3 is 2.83 bits per heavy atom. The van der Waals surface area contributed by atoms with Gasteiger partial charge in [0.1, 0.15) is 11.3 Å². The first kappa shape index (κ1) is 12.5. The van der Waals surface area contributed by atoms with Crippen LogP contribution in [0.4, 0.5) is 0 Å². The molecule has 1 N–H and O–H groups in total. The first-order valence-electron chi connectivity index (χ1n) is 6.60. The Kier molecular flexibility index (Phi) is 3.36. The standard InChI is InChI=1S/C15H18INO/c1-9(2)17-8-13-14(10-6-7-10)11-4-3-5-12(16)15(11)18-13/h3-5,9-10,17H,6-8H2,1-2H3. The highest BCUT2D eigenvalue weighted by Crippen LogP contribution is 2.46. The van der Waals surface area contributed by atoms with E-state index in [1.807, 2.05) is 0 Å². The molecule has 1 saturated carbocycles. The first-order valence-corrected chi connectivity index (χ1v) is 7.68. The molecule has 3 heteroatoms. The summed E-state index contributed by atoms with van der Waals surface area (Å²) in [6, 6.07) is 6.94. The molecule has 2 nitrogen and oxygen atoms in total. The second kappa shape index (κ2) is 4.85. The van der Waals surface area contributed by atoms with Crippen molar-refractivity contribution >= 4 is 33.6 Å². The third-order valence-electron chi connectivity index (χ3n) is 3.44. The van der Waals surface area contributed by atoms with Crippen LogP contribution in [0.3, 0.4) is 0 Å². The summed E-state index contributed by atoms with van der Waals surface area (Å²) in [5, 5.41) is 4.79. The minimum atomic E-state index is 0.490. The Labute approximate surface area is 121 Å². The van der Waals surface area contributed by atoms with E-state index in [9.17, 15) is 0 Å². The van der Waals surface area contributed by atoms with Gasteiger partial charge < -0.3 is 9.73 Å². The highest BCUT2D eigenvalue weighted by molar-refractivity contribution is 14.1. The second-order valence-electron chi connectivity index (χ2n) is 5.37. The van der Waals surface area contributed by atoms with Crippen molar-refractivity contribution in [2.75, 3.05) is 0 Å². The Hall–Kier alpha value is -0.550. The molecule has 0 bridgehead atoms. The van der Waals surface area contributed by atoms with Crippen LogP contribution in [-0.4, -0.2) is 6.04 Å². The molecule has 96 valence electrons. The summed E-state index contributed by atoms with van der Waals surface area (Å²) in [6.07, 6.45) is 2.63. The molecule has 1 aliphatic rings. The molecule has 2 aromatic rings. The maximum absolute atomic E-state index is 6.11. The van der Waals surface area contributed by atoms with E-state index in [0.717, 1.165) is 23.8 Å². The van der Waals surface area contributed by atoms with Gasteiger partial charge in [-0.3, -0.25) is 0 Å². The number of nitrogens with one attached hydrogen (secondary N) is 1. The first-order chi connectivity index (χ1) is 8.66. The molecule has 0 spiro atoms. The zero-order valence-corrected chi connectivity index (χ0v) is 13.0. The van der Waals surface area contributed by atoms with Crippen LogP contribution in [0.5, 0.6) is 0 Å². The van der Waals surface area contributed by atoms with Gasteiger partial charge >= 0.3 is 0 Å². The van der Waals surface area contributed by atoms with Crippen molar-refractivity contribution < 1.29 is 4.42 Å². The Morgan fingerprint density at radius 2 is 2.17 bits per heavy atom. The maximum atomic E-state index is 6.11. The fourth-order valence-electron chi connectivity index (χ4n) is 2.40. The number of furan rings is 1. The summed E-state index contributed by atoms with van der Waals surface area (Å²) >= 11 is 2.36. The van der Waals surface area contributed by atoms with Crippen LogP contribution in [0.1, 0.15) is 43.9 Å². The fourth-order valence-corrected chi connectivity index (χ4v) is 3.01. The smallest absolute Gasteiger partial charge is 0.147 e. The van der Waals surface area contributed by atoms with Crippen LogP contribution >= 0.6 is 22.6 Å². The maximum Gasteiger partial charge on any atom is 0.147 e. The number of benzene rings is 1. The minimum Gasteiger partial charge on any atom is -0.458 e. The molecule has 1 fully saturated rings. The molecule has 3 rings (SSSR count). The lowest BCUT2D eigenvalue weighted by Gasteiger charge is -2.07. The molecule has 18 heavy (non-hydrogen) atoms. The van der Waals surface area contributed by atoms with Gasteiger partial charge in [-0.1, -0.05) is 26.0 Å². The predicted octanol–water partition coefficient (Wildman–Crippen LogP) is 4.41. The van der Waals surface area contributed by atoms with Crippen molar-refractivity contribution in [3.63, 3.8) is 0 Å². The van der Waals surface area contributed by atoms with Crippen LogP contribution in [0.25, 0.3) is 11.0 Å². The zero-order valence-electron chi connectivity index (χ0n) is 10.8. The monoisotopic (exact) mass is 355 g/mol. The minimum absolute atomic E-state index is 0.490. The number of halogens is 1. The molecular formula is C15H18INO. The van der Waals surface area contributed by atoms with Crippen LogP contribution in [0, 0.1) is 3.57 Å². The Balaban J connectivity index is 2.06. The van der Waals surface area contributed by atoms with Crippen LogP contribution in [0.15, 0.2) is 22.6 Å². The molecule has 0 aliphatic heterocycles. The molecule has 0 radical (unpaired) electrons. The number of hydrogen-bond acceptors (Lipinski definition) is 2. The molecule has 1 heterocycles. The number of hydrogen-bond donors (Lipinski definition) is 1. The fraction of sp³-hybridized carbons (Fsp3) is 0.467. The summed E-state index contributed by atoms with van der Waals surface area (Å²) in [6.45, 7) is 5.18. The van der Waals surface area contributed by atoms with Gasteiger partial charge in [0, 0.05) is 17.0 Å². The summed E-state index contributed by atoms with van der Waals surface area (Å²) < 4.78 is 7.32. The van der Waals surface area contributed by atoms with Crippen molar-refractivity contribution in [3.8, 4) is 0 Å². The predicted molar refractivity (Wildman–Crippen MR) is 82.9 cm³/mol. The highest BCUT2D eigenvalue weighted by atomic mass is 127. The van der Waals surface area contributed by atoms with Gasteiger partial charge in [0.15, 0.2) is 0 Å². The lowest BCUT2D eigenvalue weighted by molar-refractivity contribution is 0.482.